The van der Waals surface area contributed by atoms with Gasteiger partial charge in [0, 0.05) is 19.3 Å². The molecule has 148 valence electrons. The van der Waals surface area contributed by atoms with Gasteiger partial charge in [-0.15, -0.1) is 0 Å². The van der Waals surface area contributed by atoms with Crippen molar-refractivity contribution in [3.63, 3.8) is 0 Å². The van der Waals surface area contributed by atoms with Crippen molar-refractivity contribution in [2.45, 2.75) is 31.2 Å². The van der Waals surface area contributed by atoms with Gasteiger partial charge in [0.25, 0.3) is 0 Å². The average Bonchev–Trinajstić information content (AvgIpc) is 2.76. The van der Waals surface area contributed by atoms with E-state index in [2.05, 4.69) is 28.4 Å². The fraction of sp³-hybridized carbons (Fsp3) is 0.348. The third kappa shape index (κ3) is 2.51. The Balaban J connectivity index is 1.63. The molecule has 5 rings (SSSR count). The molecule has 0 unspecified atom stereocenters. The van der Waals surface area contributed by atoms with E-state index >= 15 is 0 Å². The lowest BCUT2D eigenvalue weighted by atomic mass is 9.64. The second kappa shape index (κ2) is 6.44. The van der Waals surface area contributed by atoms with E-state index in [-0.39, 0.29) is 12.0 Å². The van der Waals surface area contributed by atoms with Crippen LogP contribution in [-0.4, -0.2) is 42.4 Å². The third-order valence-electron chi connectivity index (χ3n) is 6.83. The third-order valence-corrected chi connectivity index (χ3v) is 6.83. The van der Waals surface area contributed by atoms with Gasteiger partial charge >= 0.3 is 6.03 Å². The summed E-state index contributed by atoms with van der Waals surface area (Å²) in [6, 6.07) is 17.3. The van der Waals surface area contributed by atoms with Crippen molar-refractivity contribution in [1.29, 1.82) is 0 Å². The lowest BCUT2D eigenvalue weighted by Crippen LogP contribution is -2.72. The molecule has 6 heteroatoms. The number of nitrogens with one attached hydrogen (secondary N) is 1. The molecule has 0 aliphatic carbocycles. The predicted molar refractivity (Wildman–Crippen MR) is 108 cm³/mol. The van der Waals surface area contributed by atoms with E-state index in [9.17, 15) is 14.4 Å². The smallest absolute Gasteiger partial charge is 0.330 e. The number of piperidine rings is 1. The van der Waals surface area contributed by atoms with Crippen LogP contribution in [0.1, 0.15) is 29.9 Å². The summed E-state index contributed by atoms with van der Waals surface area (Å²) in [5, 5.41) is 2.44. The number of urea groups is 1. The maximum absolute atomic E-state index is 13.4. The molecule has 29 heavy (non-hydrogen) atoms. The van der Waals surface area contributed by atoms with Gasteiger partial charge in [-0.25, -0.2) is 4.79 Å². The molecule has 6 nitrogen and oxygen atoms in total. The molecule has 0 radical (unpaired) electrons. The number of carbonyl (C=O) groups excluding carboxylic acids is 3. The molecule has 0 saturated carbocycles. The highest BCUT2D eigenvalue weighted by Crippen LogP contribution is 2.49. The molecule has 1 spiro atoms. The highest BCUT2D eigenvalue weighted by Gasteiger charge is 2.62. The second-order valence-corrected chi connectivity index (χ2v) is 8.24. The van der Waals surface area contributed by atoms with Crippen LogP contribution in [0.2, 0.25) is 0 Å². The molecule has 0 bridgehead atoms. The highest BCUT2D eigenvalue weighted by atomic mass is 16.2. The van der Waals surface area contributed by atoms with Gasteiger partial charge < -0.3 is 4.90 Å². The Morgan fingerprint density at radius 2 is 1.72 bits per heavy atom. The van der Waals surface area contributed by atoms with E-state index in [1.54, 1.807) is 0 Å². The molecule has 2 aromatic carbocycles. The lowest BCUT2D eigenvalue weighted by Gasteiger charge is -2.54. The minimum atomic E-state index is -1.29. The number of para-hydroxylation sites is 1. The van der Waals surface area contributed by atoms with Crippen LogP contribution in [0.25, 0.3) is 0 Å². The first-order chi connectivity index (χ1) is 14.0. The van der Waals surface area contributed by atoms with Crippen molar-refractivity contribution in [3.05, 3.63) is 65.7 Å². The van der Waals surface area contributed by atoms with Crippen LogP contribution in [-0.2, 0) is 16.0 Å². The van der Waals surface area contributed by atoms with Crippen LogP contribution in [0.4, 0.5) is 10.5 Å². The molecule has 3 aliphatic heterocycles. The lowest BCUT2D eigenvalue weighted by molar-refractivity contribution is -0.153. The van der Waals surface area contributed by atoms with Crippen molar-refractivity contribution in [2.24, 2.45) is 5.41 Å². The maximum atomic E-state index is 13.4. The highest BCUT2D eigenvalue weighted by molar-refractivity contribution is 6.20. The molecule has 2 aromatic rings. The first kappa shape index (κ1) is 17.9. The van der Waals surface area contributed by atoms with Gasteiger partial charge in [0.05, 0.1) is 6.04 Å². The Bertz CT molecular complexity index is 1010. The Labute approximate surface area is 169 Å². The topological polar surface area (TPSA) is 69.7 Å². The Morgan fingerprint density at radius 1 is 1.00 bits per heavy atom. The summed E-state index contributed by atoms with van der Waals surface area (Å²) < 4.78 is 0. The molecule has 1 N–H and O–H groups in total. The van der Waals surface area contributed by atoms with Crippen LogP contribution >= 0.6 is 0 Å². The average molecular weight is 389 g/mol. The number of rotatable bonds is 1. The number of fused-ring (bicyclic) bond motifs is 4. The fourth-order valence-corrected chi connectivity index (χ4v) is 5.34. The number of barbiturate groups is 1. The van der Waals surface area contributed by atoms with Crippen LogP contribution in [0.3, 0.4) is 0 Å². The Kier molecular flexibility index (Phi) is 3.98. The first-order valence-corrected chi connectivity index (χ1v) is 10.1. The molecule has 2 fully saturated rings. The van der Waals surface area contributed by atoms with E-state index in [0.717, 1.165) is 29.1 Å². The van der Waals surface area contributed by atoms with E-state index < -0.39 is 23.3 Å². The van der Waals surface area contributed by atoms with E-state index in [1.165, 1.54) is 12.6 Å². The molecular formula is C23H23N3O3. The van der Waals surface area contributed by atoms with Crippen molar-refractivity contribution < 1.29 is 14.4 Å². The summed E-state index contributed by atoms with van der Waals surface area (Å²) in [6.45, 7) is 0.765. The summed E-state index contributed by atoms with van der Waals surface area (Å²) in [7, 11) is 1.45. The summed E-state index contributed by atoms with van der Waals surface area (Å²) >= 11 is 0. The SMILES string of the molecule is CN1C(=O)NC(=O)[C@]2(Cc3ccccc3N3CC[C@@H](c4ccccc4)C[C@H]32)C1=O. The monoisotopic (exact) mass is 389 g/mol. The summed E-state index contributed by atoms with van der Waals surface area (Å²) in [5.41, 5.74) is 2.02. The molecule has 3 heterocycles. The van der Waals surface area contributed by atoms with Gasteiger partial charge in [0.2, 0.25) is 11.8 Å². The standard InChI is InChI=1S/C23H23N3O3/c1-25-21(28)23(20(27)24-22(25)29)14-17-9-5-6-10-18(17)26-12-11-16(13-19(23)26)15-7-3-2-4-8-15/h2-10,16,19H,11-14H2,1H3,(H,24,27,29)/t16-,19+,23-/m1/s1. The van der Waals surface area contributed by atoms with Crippen molar-refractivity contribution in [3.8, 4) is 0 Å². The number of hydrogen-bond donors (Lipinski definition) is 1. The van der Waals surface area contributed by atoms with Crippen LogP contribution in [0.5, 0.6) is 0 Å². The first-order valence-electron chi connectivity index (χ1n) is 10.1. The molecule has 4 amide bonds. The van der Waals surface area contributed by atoms with Crippen LogP contribution in [0, 0.1) is 5.41 Å². The summed E-state index contributed by atoms with van der Waals surface area (Å²) in [4.78, 5) is 42.1. The molecule has 3 aliphatic rings. The van der Waals surface area contributed by atoms with Crippen molar-refractivity contribution in [1.82, 2.24) is 10.2 Å². The predicted octanol–water partition coefficient (Wildman–Crippen LogP) is 2.69. The Hall–Kier alpha value is -3.15. The normalized spacial score (nSPS) is 28.8. The zero-order chi connectivity index (χ0) is 20.2. The quantitative estimate of drug-likeness (QED) is 0.762. The van der Waals surface area contributed by atoms with E-state index in [1.807, 2.05) is 36.4 Å². The molecular weight excluding hydrogens is 366 g/mol. The van der Waals surface area contributed by atoms with E-state index in [4.69, 9.17) is 0 Å². The van der Waals surface area contributed by atoms with Gasteiger partial charge in [0.1, 0.15) is 0 Å². The maximum Gasteiger partial charge on any atom is 0.330 e. The van der Waals surface area contributed by atoms with Gasteiger partial charge in [-0.1, -0.05) is 48.5 Å². The number of amides is 4. The van der Waals surface area contributed by atoms with Crippen molar-refractivity contribution in [2.75, 3.05) is 18.5 Å². The number of carbonyl (C=O) groups is 3. The van der Waals surface area contributed by atoms with Gasteiger partial charge in [-0.3, -0.25) is 19.8 Å². The number of anilines is 1. The van der Waals surface area contributed by atoms with Crippen LogP contribution in [0.15, 0.2) is 54.6 Å². The summed E-state index contributed by atoms with van der Waals surface area (Å²) in [6.07, 6.45) is 1.96. The van der Waals surface area contributed by atoms with Crippen LogP contribution < -0.4 is 10.2 Å². The van der Waals surface area contributed by atoms with Crippen molar-refractivity contribution >= 4 is 23.5 Å². The van der Waals surface area contributed by atoms with Gasteiger partial charge in [0.15, 0.2) is 5.41 Å². The summed E-state index contributed by atoms with van der Waals surface area (Å²) in [5.74, 6) is -0.601. The minimum Gasteiger partial charge on any atom is -0.367 e. The largest absolute Gasteiger partial charge is 0.367 e. The van der Waals surface area contributed by atoms with E-state index in [0.29, 0.717) is 12.8 Å². The molecule has 0 aromatic heterocycles. The number of nitrogens with zero attached hydrogens (tertiary/aromatic N) is 2. The molecule has 3 atom stereocenters. The zero-order valence-corrected chi connectivity index (χ0v) is 16.3. The Morgan fingerprint density at radius 3 is 2.52 bits per heavy atom. The minimum absolute atomic E-state index is 0.267. The number of hydrogen-bond acceptors (Lipinski definition) is 4. The number of benzene rings is 2. The zero-order valence-electron chi connectivity index (χ0n) is 16.3. The van der Waals surface area contributed by atoms with Gasteiger partial charge in [-0.2, -0.15) is 0 Å². The fourth-order valence-electron chi connectivity index (χ4n) is 5.34. The van der Waals surface area contributed by atoms with Gasteiger partial charge in [-0.05, 0) is 42.4 Å². The second-order valence-electron chi connectivity index (χ2n) is 8.24. The molecule has 2 saturated heterocycles. The number of imide groups is 2.